The van der Waals surface area contributed by atoms with Crippen LogP contribution in [0.1, 0.15) is 5.56 Å². The molecule has 9 heteroatoms. The molecule has 2 aromatic rings. The molecular formula is C14H13BrFNO4S2. The molecule has 23 heavy (non-hydrogen) atoms. The van der Waals surface area contributed by atoms with E-state index >= 15 is 0 Å². The number of benzene rings is 1. The van der Waals surface area contributed by atoms with Crippen molar-refractivity contribution >= 4 is 43.3 Å². The molecule has 1 heterocycles. The second-order valence-electron chi connectivity index (χ2n) is 4.59. The minimum atomic E-state index is -3.86. The van der Waals surface area contributed by atoms with Crippen molar-refractivity contribution in [3.8, 4) is 0 Å². The predicted molar refractivity (Wildman–Crippen MR) is 88.2 cm³/mol. The van der Waals surface area contributed by atoms with Crippen molar-refractivity contribution in [1.82, 2.24) is 4.72 Å². The first-order chi connectivity index (χ1) is 10.8. The number of thiophene rings is 1. The average Bonchev–Trinajstić information content (AvgIpc) is 2.95. The summed E-state index contributed by atoms with van der Waals surface area (Å²) in [5.74, 6) is -1.12. The van der Waals surface area contributed by atoms with E-state index in [1.807, 2.05) is 0 Å². The van der Waals surface area contributed by atoms with E-state index in [0.717, 1.165) is 11.3 Å². The summed E-state index contributed by atoms with van der Waals surface area (Å²) in [6.07, 6.45) is 0.0543. The third kappa shape index (κ3) is 4.84. The van der Waals surface area contributed by atoms with Crippen molar-refractivity contribution in [2.75, 3.05) is 7.11 Å². The number of hydrogen-bond acceptors (Lipinski definition) is 5. The topological polar surface area (TPSA) is 72.5 Å². The molecule has 0 aliphatic heterocycles. The van der Waals surface area contributed by atoms with Crippen molar-refractivity contribution < 1.29 is 22.3 Å². The molecule has 5 nitrogen and oxygen atoms in total. The molecule has 0 aliphatic rings. The van der Waals surface area contributed by atoms with Gasteiger partial charge in [0.1, 0.15) is 16.1 Å². The molecule has 1 unspecified atom stereocenters. The number of rotatable bonds is 6. The third-order valence-corrected chi connectivity index (χ3v) is 6.54. The summed E-state index contributed by atoms with van der Waals surface area (Å²) in [6.45, 7) is 0. The van der Waals surface area contributed by atoms with E-state index in [0.29, 0.717) is 9.35 Å². The lowest BCUT2D eigenvalue weighted by molar-refractivity contribution is -0.142. The van der Waals surface area contributed by atoms with Crippen LogP contribution >= 0.6 is 27.3 Å². The second-order valence-corrected chi connectivity index (χ2v) is 8.99. The number of methoxy groups -OCH3 is 1. The Morgan fingerprint density at radius 3 is 2.48 bits per heavy atom. The van der Waals surface area contributed by atoms with Crippen molar-refractivity contribution in [3.63, 3.8) is 0 Å². The number of sulfonamides is 1. The fourth-order valence-electron chi connectivity index (χ4n) is 1.86. The van der Waals surface area contributed by atoms with E-state index in [9.17, 15) is 17.6 Å². The molecule has 1 aromatic heterocycles. The molecule has 1 N–H and O–H groups in total. The van der Waals surface area contributed by atoms with Gasteiger partial charge in [-0.1, -0.05) is 12.1 Å². The van der Waals surface area contributed by atoms with Gasteiger partial charge in [0.15, 0.2) is 0 Å². The molecule has 124 valence electrons. The molecule has 0 saturated heterocycles. The lowest BCUT2D eigenvalue weighted by Gasteiger charge is -2.16. The van der Waals surface area contributed by atoms with Crippen molar-refractivity contribution in [3.05, 3.63) is 51.6 Å². The molecule has 1 atom stereocenters. The summed E-state index contributed by atoms with van der Waals surface area (Å²) in [7, 11) is -2.68. The largest absolute Gasteiger partial charge is 0.468 e. The molecule has 0 radical (unpaired) electrons. The van der Waals surface area contributed by atoms with Crippen molar-refractivity contribution in [2.24, 2.45) is 0 Å². The molecular weight excluding hydrogens is 409 g/mol. The van der Waals surface area contributed by atoms with Gasteiger partial charge in [-0.05, 0) is 52.2 Å². The van der Waals surface area contributed by atoms with Crippen LogP contribution < -0.4 is 4.72 Å². The molecule has 2 rings (SSSR count). The Hall–Kier alpha value is -1.29. The molecule has 0 saturated carbocycles. The highest BCUT2D eigenvalue weighted by Gasteiger charge is 2.27. The molecule has 0 aliphatic carbocycles. The van der Waals surface area contributed by atoms with Gasteiger partial charge in [-0.25, -0.2) is 12.8 Å². The van der Waals surface area contributed by atoms with E-state index in [1.165, 1.54) is 37.4 Å². The normalized spacial score (nSPS) is 12.8. The summed E-state index contributed by atoms with van der Waals surface area (Å²) in [4.78, 5) is 11.9. The number of nitrogens with one attached hydrogen (secondary N) is 1. The van der Waals surface area contributed by atoms with Crippen LogP contribution in [0.25, 0.3) is 0 Å². The van der Waals surface area contributed by atoms with Crippen LogP contribution in [0.15, 0.2) is 44.4 Å². The van der Waals surface area contributed by atoms with Crippen LogP contribution in [0.3, 0.4) is 0 Å². The monoisotopic (exact) mass is 421 g/mol. The van der Waals surface area contributed by atoms with Crippen LogP contribution in [0.2, 0.25) is 0 Å². The quantitative estimate of drug-likeness (QED) is 0.727. The first-order valence-corrected chi connectivity index (χ1v) is 9.51. The van der Waals surface area contributed by atoms with Gasteiger partial charge >= 0.3 is 5.97 Å². The Morgan fingerprint density at radius 1 is 1.30 bits per heavy atom. The Bertz CT molecular complexity index is 789. The van der Waals surface area contributed by atoms with Gasteiger partial charge in [-0.3, -0.25) is 4.79 Å². The average molecular weight is 422 g/mol. The Balaban J connectivity index is 2.22. The number of halogens is 2. The van der Waals surface area contributed by atoms with Crippen LogP contribution in [-0.4, -0.2) is 27.5 Å². The molecule has 0 fully saturated rings. The van der Waals surface area contributed by atoms with Gasteiger partial charge in [0.25, 0.3) is 10.0 Å². The number of carbonyl (C=O) groups is 1. The molecule has 0 amide bonds. The number of esters is 1. The van der Waals surface area contributed by atoms with Gasteiger partial charge in [0.2, 0.25) is 0 Å². The van der Waals surface area contributed by atoms with Gasteiger partial charge in [-0.2, -0.15) is 4.72 Å². The highest BCUT2D eigenvalue weighted by Crippen LogP contribution is 2.26. The Morgan fingerprint density at radius 2 is 1.96 bits per heavy atom. The van der Waals surface area contributed by atoms with E-state index in [1.54, 1.807) is 6.07 Å². The van der Waals surface area contributed by atoms with Crippen LogP contribution in [0, 0.1) is 5.82 Å². The molecule has 0 bridgehead atoms. The Labute approximate surface area is 145 Å². The van der Waals surface area contributed by atoms with Crippen molar-refractivity contribution in [1.29, 1.82) is 0 Å². The lowest BCUT2D eigenvalue weighted by atomic mass is 10.1. The zero-order chi connectivity index (χ0) is 17.0. The summed E-state index contributed by atoms with van der Waals surface area (Å²) in [5.41, 5.74) is 0.608. The number of hydrogen-bond donors (Lipinski definition) is 1. The van der Waals surface area contributed by atoms with Crippen LogP contribution in [-0.2, 0) is 26.0 Å². The van der Waals surface area contributed by atoms with Gasteiger partial charge in [-0.15, -0.1) is 11.3 Å². The minimum absolute atomic E-state index is 0.0543. The maximum absolute atomic E-state index is 12.9. The fourth-order valence-corrected chi connectivity index (χ4v) is 5.07. The second kappa shape index (κ2) is 7.52. The highest BCUT2D eigenvalue weighted by molar-refractivity contribution is 9.11. The van der Waals surface area contributed by atoms with E-state index in [4.69, 9.17) is 0 Å². The van der Waals surface area contributed by atoms with Gasteiger partial charge < -0.3 is 4.74 Å². The van der Waals surface area contributed by atoms with E-state index in [-0.39, 0.29) is 10.6 Å². The standard InChI is InChI=1S/C14H13BrFNO4S2/c1-21-14(18)11(8-9-2-4-10(16)5-3-9)17-23(19,20)13-7-6-12(15)22-13/h2-7,11,17H,8H2,1H3. The first-order valence-electron chi connectivity index (χ1n) is 6.42. The smallest absolute Gasteiger partial charge is 0.324 e. The van der Waals surface area contributed by atoms with Crippen LogP contribution in [0.4, 0.5) is 4.39 Å². The maximum atomic E-state index is 12.9. The predicted octanol–water partition coefficient (Wildman–Crippen LogP) is 2.71. The zero-order valence-corrected chi connectivity index (χ0v) is 15.2. The summed E-state index contributed by atoms with van der Waals surface area (Å²) >= 11 is 4.22. The molecule has 1 aromatic carbocycles. The first kappa shape index (κ1) is 18.1. The fraction of sp³-hybridized carbons (Fsp3) is 0.214. The Kier molecular flexibility index (Phi) is 5.90. The maximum Gasteiger partial charge on any atom is 0.324 e. The number of carbonyl (C=O) groups excluding carboxylic acids is 1. The highest BCUT2D eigenvalue weighted by atomic mass is 79.9. The summed E-state index contributed by atoms with van der Waals surface area (Å²) in [6, 6.07) is 7.40. The third-order valence-electron chi connectivity index (χ3n) is 2.95. The summed E-state index contributed by atoms with van der Waals surface area (Å²) < 4.78 is 45.3. The van der Waals surface area contributed by atoms with Gasteiger partial charge in [0.05, 0.1) is 10.9 Å². The summed E-state index contributed by atoms with van der Waals surface area (Å²) in [5, 5.41) is 0. The molecule has 0 spiro atoms. The zero-order valence-electron chi connectivity index (χ0n) is 12.0. The minimum Gasteiger partial charge on any atom is -0.468 e. The van der Waals surface area contributed by atoms with E-state index in [2.05, 4.69) is 25.4 Å². The van der Waals surface area contributed by atoms with Gasteiger partial charge in [0, 0.05) is 0 Å². The van der Waals surface area contributed by atoms with Crippen LogP contribution in [0.5, 0.6) is 0 Å². The number of ether oxygens (including phenoxy) is 1. The van der Waals surface area contributed by atoms with Crippen molar-refractivity contribution in [2.45, 2.75) is 16.7 Å². The lowest BCUT2D eigenvalue weighted by Crippen LogP contribution is -2.42. The van der Waals surface area contributed by atoms with E-state index < -0.39 is 27.9 Å². The SMILES string of the molecule is COC(=O)C(Cc1ccc(F)cc1)NS(=O)(=O)c1ccc(Br)s1.